The molecule has 5 heteroatoms. The van der Waals surface area contributed by atoms with Crippen LogP contribution in [-0.4, -0.2) is 21.7 Å². The van der Waals surface area contributed by atoms with Crippen molar-refractivity contribution in [1.82, 2.24) is 4.68 Å². The van der Waals surface area contributed by atoms with Crippen LogP contribution >= 0.6 is 0 Å². The molecule has 104 valence electrons. The first-order valence-electron chi connectivity index (χ1n) is 6.24. The Bertz CT molecular complexity index is 593. The molecule has 0 saturated carbocycles. The highest BCUT2D eigenvalue weighted by molar-refractivity contribution is 5.92. The maximum atomic E-state index is 12.0. The van der Waals surface area contributed by atoms with Gasteiger partial charge in [0.25, 0.3) is 0 Å². The van der Waals surface area contributed by atoms with Crippen molar-refractivity contribution in [1.29, 1.82) is 0 Å². The molecule has 0 aliphatic carbocycles. The Morgan fingerprint density at radius 2 is 1.75 bits per heavy atom. The molecule has 2 N–H and O–H groups in total. The molecule has 0 spiro atoms. The monoisotopic (exact) mass is 272 g/mol. The average Bonchev–Trinajstić information content (AvgIpc) is 2.92. The summed E-state index contributed by atoms with van der Waals surface area (Å²) < 4.78 is 1.50. The van der Waals surface area contributed by atoms with Gasteiger partial charge in [-0.05, 0) is 24.6 Å². The fourth-order valence-electron chi connectivity index (χ4n) is 2.02. The third-order valence-electron chi connectivity index (χ3n) is 3.26. The molecule has 0 radical (unpaired) electrons. The van der Waals surface area contributed by atoms with Crippen molar-refractivity contribution in [2.45, 2.75) is 18.8 Å². The maximum Gasteiger partial charge on any atom is 0.314 e. The fourth-order valence-corrected chi connectivity index (χ4v) is 2.02. The van der Waals surface area contributed by atoms with Gasteiger partial charge in [0.15, 0.2) is 0 Å². The first-order valence-corrected chi connectivity index (χ1v) is 6.24. The highest BCUT2D eigenvalue weighted by Gasteiger charge is 2.37. The van der Waals surface area contributed by atoms with Crippen molar-refractivity contribution in [3.05, 3.63) is 60.4 Å². The van der Waals surface area contributed by atoms with Crippen LogP contribution in [0.3, 0.4) is 0 Å². The number of hydrogen-bond donors (Lipinski definition) is 2. The van der Waals surface area contributed by atoms with E-state index in [0.29, 0.717) is 5.56 Å². The van der Waals surface area contributed by atoms with Gasteiger partial charge in [0.05, 0.1) is 5.41 Å². The van der Waals surface area contributed by atoms with Crippen molar-refractivity contribution in [2.24, 2.45) is 0 Å². The van der Waals surface area contributed by atoms with Gasteiger partial charge in [-0.2, -0.15) is 0 Å². The fraction of sp³-hybridized carbons (Fsp3) is 0.200. The maximum absolute atomic E-state index is 12.0. The number of aliphatic carboxylic acids is 1. The molecule has 20 heavy (non-hydrogen) atoms. The van der Waals surface area contributed by atoms with E-state index >= 15 is 0 Å². The third kappa shape index (κ3) is 2.88. The lowest BCUT2D eigenvalue weighted by Crippen LogP contribution is -2.38. The molecule has 0 saturated heterocycles. The summed E-state index contributed by atoms with van der Waals surface area (Å²) in [7, 11) is 0. The quantitative estimate of drug-likeness (QED) is 0.874. The van der Waals surface area contributed by atoms with Crippen LogP contribution in [0, 0.1) is 0 Å². The van der Waals surface area contributed by atoms with E-state index in [1.54, 1.807) is 55.7 Å². The summed E-state index contributed by atoms with van der Waals surface area (Å²) in [5.41, 5.74) is 1.97. The highest BCUT2D eigenvalue weighted by atomic mass is 16.4. The molecule has 2 rings (SSSR count). The Morgan fingerprint density at radius 3 is 2.30 bits per heavy atom. The Kier molecular flexibility index (Phi) is 3.89. The molecular formula is C15H16N2O3. The van der Waals surface area contributed by atoms with Crippen LogP contribution in [0.1, 0.15) is 18.9 Å². The molecule has 1 unspecified atom stereocenters. The lowest BCUT2D eigenvalue weighted by Gasteiger charge is -2.24. The van der Waals surface area contributed by atoms with Crippen LogP contribution in [-0.2, 0) is 15.0 Å². The minimum absolute atomic E-state index is 0.134. The molecule has 0 fully saturated rings. The molecule has 0 aliphatic rings. The zero-order chi connectivity index (χ0) is 14.6. The topological polar surface area (TPSA) is 71.3 Å². The lowest BCUT2D eigenvalue weighted by atomic mass is 9.79. The summed E-state index contributed by atoms with van der Waals surface area (Å²) in [6, 6.07) is 12.3. The van der Waals surface area contributed by atoms with Crippen molar-refractivity contribution in [3.8, 4) is 0 Å². The van der Waals surface area contributed by atoms with Gasteiger partial charge >= 0.3 is 5.97 Å². The van der Waals surface area contributed by atoms with E-state index in [4.69, 9.17) is 0 Å². The summed E-state index contributed by atoms with van der Waals surface area (Å²) in [4.78, 5) is 23.6. The molecule has 0 aliphatic heterocycles. The number of amides is 1. The molecule has 1 atom stereocenters. The van der Waals surface area contributed by atoms with E-state index in [1.807, 2.05) is 6.07 Å². The second kappa shape index (κ2) is 5.61. The molecule has 5 nitrogen and oxygen atoms in total. The largest absolute Gasteiger partial charge is 0.481 e. The average molecular weight is 272 g/mol. The van der Waals surface area contributed by atoms with Gasteiger partial charge in [0.2, 0.25) is 5.91 Å². The number of hydrogen-bond acceptors (Lipinski definition) is 2. The van der Waals surface area contributed by atoms with E-state index in [0.717, 1.165) is 0 Å². The normalized spacial score (nSPS) is 13.4. The number of carbonyl (C=O) groups excluding carboxylic acids is 1. The number of aromatic nitrogens is 1. The standard InChI is InChI=1S/C15H16N2O3/c1-15(14(19)20,12-7-3-2-4-8-12)11-13(18)16-17-9-5-6-10-17/h2-10H,11H2,1H3,(H,16,18)(H,19,20). The molecule has 1 aromatic heterocycles. The van der Waals surface area contributed by atoms with Gasteiger partial charge in [-0.1, -0.05) is 30.3 Å². The SMILES string of the molecule is CC(CC(=O)Nn1cccc1)(C(=O)O)c1ccccc1. The van der Waals surface area contributed by atoms with Crippen LogP contribution in [0.5, 0.6) is 0 Å². The van der Waals surface area contributed by atoms with Crippen molar-refractivity contribution in [2.75, 3.05) is 5.43 Å². The zero-order valence-corrected chi connectivity index (χ0v) is 11.1. The Morgan fingerprint density at radius 1 is 1.15 bits per heavy atom. The molecule has 1 heterocycles. The third-order valence-corrected chi connectivity index (χ3v) is 3.26. The van der Waals surface area contributed by atoms with E-state index in [1.165, 1.54) is 4.68 Å². The lowest BCUT2D eigenvalue weighted by molar-refractivity contribution is -0.145. The van der Waals surface area contributed by atoms with Crippen LogP contribution in [0.25, 0.3) is 0 Å². The molecule has 0 bridgehead atoms. The minimum Gasteiger partial charge on any atom is -0.481 e. The Labute approximate surface area is 116 Å². The van der Waals surface area contributed by atoms with Gasteiger partial charge in [0, 0.05) is 18.8 Å². The number of nitrogens with one attached hydrogen (secondary N) is 1. The van der Waals surface area contributed by atoms with Gasteiger partial charge in [0.1, 0.15) is 0 Å². The molecular weight excluding hydrogens is 256 g/mol. The summed E-state index contributed by atoms with van der Waals surface area (Å²) in [5.74, 6) is -1.37. The zero-order valence-electron chi connectivity index (χ0n) is 11.1. The molecule has 1 aromatic carbocycles. The van der Waals surface area contributed by atoms with Crippen LogP contribution in [0.4, 0.5) is 0 Å². The van der Waals surface area contributed by atoms with Crippen molar-refractivity contribution >= 4 is 11.9 Å². The van der Waals surface area contributed by atoms with Gasteiger partial charge in [-0.25, -0.2) is 0 Å². The number of nitrogens with zero attached hydrogens (tertiary/aromatic N) is 1. The van der Waals surface area contributed by atoms with E-state index in [2.05, 4.69) is 5.43 Å². The molecule has 1 amide bonds. The van der Waals surface area contributed by atoms with E-state index in [-0.39, 0.29) is 12.3 Å². The first kappa shape index (κ1) is 13.9. The van der Waals surface area contributed by atoms with Crippen molar-refractivity contribution in [3.63, 3.8) is 0 Å². The van der Waals surface area contributed by atoms with Crippen molar-refractivity contribution < 1.29 is 14.7 Å². The van der Waals surface area contributed by atoms with E-state index < -0.39 is 11.4 Å². The predicted octanol–water partition coefficient (Wildman–Crippen LogP) is 1.99. The summed E-state index contributed by atoms with van der Waals surface area (Å²) in [5, 5.41) is 9.47. The summed E-state index contributed by atoms with van der Waals surface area (Å²) in [6.07, 6.45) is 3.22. The Balaban J connectivity index is 2.18. The van der Waals surface area contributed by atoms with Crippen LogP contribution in [0.15, 0.2) is 54.9 Å². The van der Waals surface area contributed by atoms with Crippen LogP contribution in [0.2, 0.25) is 0 Å². The summed E-state index contributed by atoms with van der Waals surface area (Å²) >= 11 is 0. The minimum atomic E-state index is -1.25. The summed E-state index contributed by atoms with van der Waals surface area (Å²) in [6.45, 7) is 1.56. The highest BCUT2D eigenvalue weighted by Crippen LogP contribution is 2.28. The number of carboxylic acids is 1. The predicted molar refractivity (Wildman–Crippen MR) is 74.8 cm³/mol. The Hall–Kier alpha value is -2.56. The first-order chi connectivity index (χ1) is 9.52. The smallest absolute Gasteiger partial charge is 0.314 e. The van der Waals surface area contributed by atoms with Gasteiger partial charge < -0.3 is 5.11 Å². The number of carboxylic acid groups (broad SMARTS) is 1. The number of carbonyl (C=O) groups is 2. The number of benzene rings is 1. The van der Waals surface area contributed by atoms with E-state index in [9.17, 15) is 14.7 Å². The second-order valence-corrected chi connectivity index (χ2v) is 4.81. The van der Waals surface area contributed by atoms with Gasteiger partial charge in [-0.15, -0.1) is 0 Å². The van der Waals surface area contributed by atoms with Gasteiger partial charge in [-0.3, -0.25) is 19.7 Å². The number of rotatable bonds is 5. The molecule has 2 aromatic rings. The second-order valence-electron chi connectivity index (χ2n) is 4.81. The van der Waals surface area contributed by atoms with Crippen LogP contribution < -0.4 is 5.43 Å².